The molecule has 1 saturated heterocycles. The summed E-state index contributed by atoms with van der Waals surface area (Å²) >= 11 is 3.33. The van der Waals surface area contributed by atoms with E-state index in [-0.39, 0.29) is 17.8 Å². The van der Waals surface area contributed by atoms with Gasteiger partial charge in [0.15, 0.2) is 0 Å². The molecule has 0 bridgehead atoms. The van der Waals surface area contributed by atoms with Gasteiger partial charge in [-0.15, -0.1) is 0 Å². The molecule has 0 radical (unpaired) electrons. The zero-order valence-electron chi connectivity index (χ0n) is 11.6. The molecule has 1 aliphatic heterocycles. The molecule has 1 heterocycles. The fourth-order valence-electron chi connectivity index (χ4n) is 2.43. The monoisotopic (exact) mass is 343 g/mol. The van der Waals surface area contributed by atoms with Crippen LogP contribution in [0.25, 0.3) is 0 Å². The van der Waals surface area contributed by atoms with Gasteiger partial charge in [0.2, 0.25) is 0 Å². The van der Waals surface area contributed by atoms with E-state index in [1.54, 1.807) is 11.0 Å². The Kier molecular flexibility index (Phi) is 5.54. The SMILES string of the molecule is Cc1ccc(F)cc1C(=O)N1CCC(OCCBr)CC1. The molecule has 0 N–H and O–H groups in total. The molecule has 20 heavy (non-hydrogen) atoms. The van der Waals surface area contributed by atoms with E-state index >= 15 is 0 Å². The van der Waals surface area contributed by atoms with Gasteiger partial charge in [0.1, 0.15) is 5.82 Å². The zero-order chi connectivity index (χ0) is 14.5. The van der Waals surface area contributed by atoms with E-state index in [0.717, 1.165) is 23.7 Å². The molecule has 0 unspecified atom stereocenters. The molecule has 0 atom stereocenters. The fraction of sp³-hybridized carbons (Fsp3) is 0.533. The number of likely N-dealkylation sites (tertiary alicyclic amines) is 1. The molecule has 5 heteroatoms. The quantitative estimate of drug-likeness (QED) is 0.786. The first-order valence-corrected chi connectivity index (χ1v) is 7.97. The van der Waals surface area contributed by atoms with E-state index in [9.17, 15) is 9.18 Å². The van der Waals surface area contributed by atoms with Crippen LogP contribution >= 0.6 is 15.9 Å². The molecule has 0 aromatic heterocycles. The molecule has 0 saturated carbocycles. The predicted molar refractivity (Wildman–Crippen MR) is 79.8 cm³/mol. The number of rotatable bonds is 4. The summed E-state index contributed by atoms with van der Waals surface area (Å²) in [5.74, 6) is -0.449. The Bertz CT molecular complexity index is 473. The first-order chi connectivity index (χ1) is 9.61. The fourth-order valence-corrected chi connectivity index (χ4v) is 2.62. The predicted octanol–water partition coefficient (Wildman–Crippen LogP) is 3.15. The number of hydrogen-bond acceptors (Lipinski definition) is 2. The van der Waals surface area contributed by atoms with Crippen LogP contribution in [0.15, 0.2) is 18.2 Å². The van der Waals surface area contributed by atoms with Crippen LogP contribution in [0.5, 0.6) is 0 Å². The van der Waals surface area contributed by atoms with Crippen LogP contribution in [0.1, 0.15) is 28.8 Å². The van der Waals surface area contributed by atoms with Crippen LogP contribution < -0.4 is 0 Å². The van der Waals surface area contributed by atoms with E-state index in [4.69, 9.17) is 4.74 Å². The molecular formula is C15H19BrFNO2. The summed E-state index contributed by atoms with van der Waals surface area (Å²) in [5, 5.41) is 0.828. The van der Waals surface area contributed by atoms with E-state index in [2.05, 4.69) is 15.9 Å². The number of halogens is 2. The summed E-state index contributed by atoms with van der Waals surface area (Å²) in [6.07, 6.45) is 1.91. The maximum absolute atomic E-state index is 13.3. The largest absolute Gasteiger partial charge is 0.377 e. The molecule has 1 amide bonds. The number of alkyl halides is 1. The highest BCUT2D eigenvalue weighted by Gasteiger charge is 2.24. The molecule has 1 aromatic carbocycles. The van der Waals surface area contributed by atoms with Crippen molar-refractivity contribution in [3.05, 3.63) is 35.1 Å². The lowest BCUT2D eigenvalue weighted by molar-refractivity contribution is 0.0159. The van der Waals surface area contributed by atoms with Crippen LogP contribution in [0.2, 0.25) is 0 Å². The Hall–Kier alpha value is -0.940. The topological polar surface area (TPSA) is 29.5 Å². The first kappa shape index (κ1) is 15.4. The van der Waals surface area contributed by atoms with Crippen molar-refractivity contribution in [3.63, 3.8) is 0 Å². The van der Waals surface area contributed by atoms with Gasteiger partial charge < -0.3 is 9.64 Å². The average molecular weight is 344 g/mol. The van der Waals surface area contributed by atoms with Gasteiger partial charge in [-0.1, -0.05) is 22.0 Å². The molecule has 3 nitrogen and oxygen atoms in total. The Morgan fingerprint density at radius 1 is 1.45 bits per heavy atom. The summed E-state index contributed by atoms with van der Waals surface area (Å²) in [7, 11) is 0. The summed E-state index contributed by atoms with van der Waals surface area (Å²) in [4.78, 5) is 14.2. The third-order valence-corrected chi connectivity index (χ3v) is 3.91. The second-order valence-corrected chi connectivity index (χ2v) is 5.80. The molecule has 1 fully saturated rings. The first-order valence-electron chi connectivity index (χ1n) is 6.85. The van der Waals surface area contributed by atoms with Gasteiger partial charge in [0.05, 0.1) is 12.7 Å². The van der Waals surface area contributed by atoms with Crippen molar-refractivity contribution >= 4 is 21.8 Å². The lowest BCUT2D eigenvalue weighted by Gasteiger charge is -2.32. The standard InChI is InChI=1S/C15H19BrFNO2/c1-11-2-3-12(17)10-14(11)15(19)18-7-4-13(5-8-18)20-9-6-16/h2-3,10,13H,4-9H2,1H3. The number of amides is 1. The highest BCUT2D eigenvalue weighted by atomic mass is 79.9. The molecule has 1 aliphatic rings. The number of carbonyl (C=O) groups is 1. The van der Waals surface area contributed by atoms with Crippen molar-refractivity contribution in [1.29, 1.82) is 0 Å². The van der Waals surface area contributed by atoms with Crippen molar-refractivity contribution < 1.29 is 13.9 Å². The number of aryl methyl sites for hydroxylation is 1. The summed E-state index contributed by atoms with van der Waals surface area (Å²) in [6.45, 7) is 3.86. The smallest absolute Gasteiger partial charge is 0.254 e. The summed E-state index contributed by atoms with van der Waals surface area (Å²) < 4.78 is 18.9. The molecule has 1 aromatic rings. The number of benzene rings is 1. The number of carbonyl (C=O) groups excluding carboxylic acids is 1. The highest BCUT2D eigenvalue weighted by Crippen LogP contribution is 2.19. The number of hydrogen-bond donors (Lipinski definition) is 0. The van der Waals surface area contributed by atoms with Crippen LogP contribution in [0.3, 0.4) is 0 Å². The van der Waals surface area contributed by atoms with Gasteiger partial charge in [0.25, 0.3) is 5.91 Å². The van der Waals surface area contributed by atoms with Crippen molar-refractivity contribution in [2.24, 2.45) is 0 Å². The van der Waals surface area contributed by atoms with Gasteiger partial charge in [-0.3, -0.25) is 4.79 Å². The average Bonchev–Trinajstić information content (AvgIpc) is 2.47. The van der Waals surface area contributed by atoms with Crippen molar-refractivity contribution in [2.75, 3.05) is 25.0 Å². The Balaban J connectivity index is 1.96. The van der Waals surface area contributed by atoms with Gasteiger partial charge in [-0.2, -0.15) is 0 Å². The van der Waals surface area contributed by atoms with Crippen molar-refractivity contribution in [1.82, 2.24) is 4.90 Å². The van der Waals surface area contributed by atoms with Crippen molar-refractivity contribution in [2.45, 2.75) is 25.9 Å². The number of piperidine rings is 1. The third-order valence-electron chi connectivity index (χ3n) is 3.59. The second kappa shape index (κ2) is 7.18. The van der Waals surface area contributed by atoms with Crippen molar-refractivity contribution in [3.8, 4) is 0 Å². The highest BCUT2D eigenvalue weighted by molar-refractivity contribution is 9.09. The van der Waals surface area contributed by atoms with Gasteiger partial charge in [-0.25, -0.2) is 4.39 Å². The van der Waals surface area contributed by atoms with Crippen LogP contribution in [0, 0.1) is 12.7 Å². The van der Waals surface area contributed by atoms with Gasteiger partial charge >= 0.3 is 0 Å². The molecule has 0 aliphatic carbocycles. The summed E-state index contributed by atoms with van der Waals surface area (Å²) in [6, 6.07) is 4.35. The Labute approximate surface area is 127 Å². The second-order valence-electron chi connectivity index (χ2n) is 5.01. The lowest BCUT2D eigenvalue weighted by atomic mass is 10.0. The van der Waals surface area contributed by atoms with Crippen LogP contribution in [0.4, 0.5) is 4.39 Å². The summed E-state index contributed by atoms with van der Waals surface area (Å²) in [5.41, 5.74) is 1.28. The van der Waals surface area contributed by atoms with E-state index in [0.29, 0.717) is 25.3 Å². The number of ether oxygens (including phenoxy) is 1. The minimum atomic E-state index is -0.366. The third kappa shape index (κ3) is 3.79. The van der Waals surface area contributed by atoms with Gasteiger partial charge in [0, 0.05) is 24.0 Å². The van der Waals surface area contributed by atoms with E-state index < -0.39 is 0 Å². The molecule has 0 spiro atoms. The molecule has 2 rings (SSSR count). The minimum Gasteiger partial charge on any atom is -0.377 e. The minimum absolute atomic E-state index is 0.0825. The van der Waals surface area contributed by atoms with Crippen LogP contribution in [-0.4, -0.2) is 41.9 Å². The van der Waals surface area contributed by atoms with Crippen LogP contribution in [-0.2, 0) is 4.74 Å². The molecular weight excluding hydrogens is 325 g/mol. The van der Waals surface area contributed by atoms with Gasteiger partial charge in [-0.05, 0) is 37.5 Å². The maximum atomic E-state index is 13.3. The number of nitrogens with zero attached hydrogens (tertiary/aromatic N) is 1. The Morgan fingerprint density at radius 2 is 2.15 bits per heavy atom. The van der Waals surface area contributed by atoms with E-state index in [1.807, 2.05) is 6.92 Å². The Morgan fingerprint density at radius 3 is 2.80 bits per heavy atom. The zero-order valence-corrected chi connectivity index (χ0v) is 13.2. The molecule has 110 valence electrons. The lowest BCUT2D eigenvalue weighted by Crippen LogP contribution is -2.41. The normalized spacial score (nSPS) is 16.4. The van der Waals surface area contributed by atoms with E-state index in [1.165, 1.54) is 12.1 Å². The maximum Gasteiger partial charge on any atom is 0.254 e.